The topological polar surface area (TPSA) is 70.2 Å². The van der Waals surface area contributed by atoms with Crippen molar-refractivity contribution in [3.8, 4) is 11.4 Å². The van der Waals surface area contributed by atoms with Crippen LogP contribution >= 0.6 is 23.4 Å². The minimum atomic E-state index is -0.477. The van der Waals surface area contributed by atoms with Gasteiger partial charge in [-0.25, -0.2) is 4.79 Å². The van der Waals surface area contributed by atoms with Crippen molar-refractivity contribution in [2.75, 3.05) is 7.11 Å². The van der Waals surface area contributed by atoms with Gasteiger partial charge in [0.2, 0.25) is 5.76 Å². The molecule has 1 saturated carbocycles. The molecule has 0 saturated heterocycles. The molecule has 1 aliphatic carbocycles. The summed E-state index contributed by atoms with van der Waals surface area (Å²) in [6, 6.07) is 9.84. The van der Waals surface area contributed by atoms with Crippen molar-refractivity contribution in [2.45, 2.75) is 42.6 Å². The quantitative estimate of drug-likeness (QED) is 0.395. The van der Waals surface area contributed by atoms with E-state index < -0.39 is 5.97 Å². The van der Waals surface area contributed by atoms with Crippen LogP contribution in [0.3, 0.4) is 0 Å². The predicted molar refractivity (Wildman–Crippen MR) is 108 cm³/mol. The molecule has 2 heterocycles. The lowest BCUT2D eigenvalue weighted by atomic mass is 10.2. The fourth-order valence-corrected chi connectivity index (χ4v) is 4.76. The van der Waals surface area contributed by atoms with Gasteiger partial charge < -0.3 is 9.15 Å². The summed E-state index contributed by atoms with van der Waals surface area (Å²) in [5, 5.41) is 10.4. The van der Waals surface area contributed by atoms with E-state index in [4.69, 9.17) is 20.8 Å². The summed E-state index contributed by atoms with van der Waals surface area (Å²) >= 11 is 7.96. The van der Waals surface area contributed by atoms with Crippen molar-refractivity contribution in [3.63, 3.8) is 0 Å². The second kappa shape index (κ2) is 8.41. The first-order valence-corrected chi connectivity index (χ1v) is 10.5. The summed E-state index contributed by atoms with van der Waals surface area (Å²) in [5.74, 6) is 1.08. The monoisotopic (exact) mass is 417 g/mol. The van der Waals surface area contributed by atoms with Gasteiger partial charge in [0, 0.05) is 22.9 Å². The van der Waals surface area contributed by atoms with E-state index in [0.717, 1.165) is 34.9 Å². The molecule has 1 aliphatic rings. The number of ether oxygens (including phenoxy) is 1. The number of methoxy groups -OCH3 is 1. The van der Waals surface area contributed by atoms with Crippen molar-refractivity contribution in [2.24, 2.45) is 0 Å². The molecular formula is C20H20ClN3O3S. The van der Waals surface area contributed by atoms with Crippen LogP contribution in [0.1, 0.15) is 47.8 Å². The fraction of sp³-hybridized carbons (Fsp3) is 0.350. The van der Waals surface area contributed by atoms with E-state index in [9.17, 15) is 4.79 Å². The molecule has 8 heteroatoms. The van der Waals surface area contributed by atoms with Crippen LogP contribution in [0.4, 0.5) is 0 Å². The normalized spacial score (nSPS) is 14.5. The molecule has 28 heavy (non-hydrogen) atoms. The second-order valence-corrected chi connectivity index (χ2v) is 8.00. The van der Waals surface area contributed by atoms with Gasteiger partial charge in [0.05, 0.1) is 18.4 Å². The number of hydrogen-bond acceptors (Lipinski definition) is 6. The van der Waals surface area contributed by atoms with Crippen LogP contribution in [0, 0.1) is 0 Å². The zero-order valence-corrected chi connectivity index (χ0v) is 17.0. The molecular weight excluding hydrogens is 398 g/mol. The third kappa shape index (κ3) is 3.69. The van der Waals surface area contributed by atoms with Crippen LogP contribution in [-0.2, 0) is 10.5 Å². The van der Waals surface area contributed by atoms with E-state index in [-0.39, 0.29) is 5.76 Å². The SMILES string of the molecule is COC(=O)c1occc1CSc1nnc(-c2ccccc2Cl)n1C1CCCC1. The zero-order valence-electron chi connectivity index (χ0n) is 15.4. The summed E-state index contributed by atoms with van der Waals surface area (Å²) in [4.78, 5) is 11.8. The molecule has 6 nitrogen and oxygen atoms in total. The van der Waals surface area contributed by atoms with E-state index in [1.165, 1.54) is 38.0 Å². The first-order valence-electron chi connectivity index (χ1n) is 9.16. The molecule has 3 aromatic rings. The minimum absolute atomic E-state index is 0.230. The van der Waals surface area contributed by atoms with Crippen molar-refractivity contribution >= 4 is 29.3 Å². The largest absolute Gasteiger partial charge is 0.463 e. The molecule has 0 amide bonds. The first kappa shape index (κ1) is 19.1. The minimum Gasteiger partial charge on any atom is -0.463 e. The molecule has 1 fully saturated rings. The summed E-state index contributed by atoms with van der Waals surface area (Å²) in [5.41, 5.74) is 1.66. The average Bonchev–Trinajstić information content (AvgIpc) is 3.45. The number of carbonyl (C=O) groups is 1. The van der Waals surface area contributed by atoms with Gasteiger partial charge in [0.25, 0.3) is 0 Å². The van der Waals surface area contributed by atoms with Gasteiger partial charge in [-0.1, -0.05) is 48.3 Å². The average molecular weight is 418 g/mol. The maximum atomic E-state index is 11.8. The number of benzene rings is 1. The van der Waals surface area contributed by atoms with Crippen molar-refractivity contribution in [1.29, 1.82) is 0 Å². The molecule has 0 radical (unpaired) electrons. The van der Waals surface area contributed by atoms with E-state index in [0.29, 0.717) is 16.8 Å². The lowest BCUT2D eigenvalue weighted by Gasteiger charge is -2.17. The Labute approximate surface area is 172 Å². The lowest BCUT2D eigenvalue weighted by Crippen LogP contribution is -2.09. The molecule has 4 rings (SSSR count). The number of esters is 1. The van der Waals surface area contributed by atoms with Gasteiger partial charge in [-0.05, 0) is 31.0 Å². The highest BCUT2D eigenvalue weighted by atomic mass is 35.5. The van der Waals surface area contributed by atoms with Gasteiger partial charge in [-0.3, -0.25) is 4.57 Å². The highest BCUT2D eigenvalue weighted by Crippen LogP contribution is 2.39. The molecule has 0 N–H and O–H groups in total. The predicted octanol–water partition coefficient (Wildman–Crippen LogP) is 5.39. The smallest absolute Gasteiger partial charge is 0.374 e. The zero-order chi connectivity index (χ0) is 19.5. The van der Waals surface area contributed by atoms with Gasteiger partial charge in [0.1, 0.15) is 0 Å². The van der Waals surface area contributed by atoms with Gasteiger partial charge in [-0.15, -0.1) is 10.2 Å². The number of halogens is 1. The van der Waals surface area contributed by atoms with Crippen molar-refractivity contribution in [3.05, 3.63) is 52.9 Å². The number of nitrogens with zero attached hydrogens (tertiary/aromatic N) is 3. The summed E-state index contributed by atoms with van der Waals surface area (Å²) in [6.07, 6.45) is 6.09. The molecule has 2 aromatic heterocycles. The van der Waals surface area contributed by atoms with E-state index in [1.54, 1.807) is 6.07 Å². The third-order valence-corrected chi connectivity index (χ3v) is 6.26. The molecule has 0 atom stereocenters. The van der Waals surface area contributed by atoms with E-state index in [2.05, 4.69) is 14.8 Å². The van der Waals surface area contributed by atoms with Crippen LogP contribution in [-0.4, -0.2) is 27.8 Å². The third-order valence-electron chi connectivity index (χ3n) is 4.94. The molecule has 146 valence electrons. The van der Waals surface area contributed by atoms with Crippen LogP contribution in [0.25, 0.3) is 11.4 Å². The Morgan fingerprint density at radius 2 is 2.07 bits per heavy atom. The number of rotatable bonds is 6. The number of aromatic nitrogens is 3. The molecule has 0 unspecified atom stereocenters. The first-order chi connectivity index (χ1) is 13.7. The Balaban J connectivity index is 1.65. The highest BCUT2D eigenvalue weighted by molar-refractivity contribution is 7.98. The van der Waals surface area contributed by atoms with E-state index >= 15 is 0 Å². The Hall–Kier alpha value is -2.25. The fourth-order valence-electron chi connectivity index (χ4n) is 3.56. The maximum Gasteiger partial charge on any atom is 0.374 e. The van der Waals surface area contributed by atoms with E-state index in [1.807, 2.05) is 24.3 Å². The Morgan fingerprint density at radius 3 is 2.82 bits per heavy atom. The lowest BCUT2D eigenvalue weighted by molar-refractivity contribution is 0.0564. The van der Waals surface area contributed by atoms with Crippen LogP contribution in [0.2, 0.25) is 5.02 Å². The maximum absolute atomic E-state index is 11.8. The Morgan fingerprint density at radius 1 is 1.29 bits per heavy atom. The molecule has 0 bridgehead atoms. The Bertz CT molecular complexity index is 979. The van der Waals surface area contributed by atoms with Crippen LogP contribution < -0.4 is 0 Å². The molecule has 0 aliphatic heterocycles. The van der Waals surface area contributed by atoms with Crippen LogP contribution in [0.5, 0.6) is 0 Å². The summed E-state index contributed by atoms with van der Waals surface area (Å²) in [6.45, 7) is 0. The number of carbonyl (C=O) groups excluding carboxylic acids is 1. The number of hydrogen-bond donors (Lipinski definition) is 0. The van der Waals surface area contributed by atoms with Gasteiger partial charge >= 0.3 is 5.97 Å². The molecule has 0 spiro atoms. The van der Waals surface area contributed by atoms with Crippen molar-refractivity contribution < 1.29 is 13.9 Å². The van der Waals surface area contributed by atoms with Crippen molar-refractivity contribution in [1.82, 2.24) is 14.8 Å². The van der Waals surface area contributed by atoms with Crippen LogP contribution in [0.15, 0.2) is 46.2 Å². The standard InChI is InChI=1S/C20H20ClN3O3S/c1-26-19(25)17-13(10-11-27-17)12-28-20-23-22-18(15-8-4-5-9-16(15)21)24(20)14-6-2-3-7-14/h4-5,8-11,14H,2-3,6-7,12H2,1H3. The second-order valence-electron chi connectivity index (χ2n) is 6.65. The highest BCUT2D eigenvalue weighted by Gasteiger charge is 2.26. The summed E-state index contributed by atoms with van der Waals surface area (Å²) in [7, 11) is 1.34. The van der Waals surface area contributed by atoms with Gasteiger partial charge in [0.15, 0.2) is 11.0 Å². The number of thioether (sulfide) groups is 1. The number of furan rings is 1. The van der Waals surface area contributed by atoms with Gasteiger partial charge in [-0.2, -0.15) is 0 Å². The Kier molecular flexibility index (Phi) is 5.73. The summed E-state index contributed by atoms with van der Waals surface area (Å²) < 4.78 is 12.3. The molecule has 1 aromatic carbocycles.